The number of hydrogen-bond donors (Lipinski definition) is 3. The Morgan fingerprint density at radius 3 is 2.65 bits per heavy atom. The predicted octanol–water partition coefficient (Wildman–Crippen LogP) is -0.382. The average molecular weight is 319 g/mol. The summed E-state index contributed by atoms with van der Waals surface area (Å²) in [7, 11) is 0. The van der Waals surface area contributed by atoms with Crippen LogP contribution < -0.4 is 16.3 Å². The van der Waals surface area contributed by atoms with Gasteiger partial charge in [-0.25, -0.2) is 9.47 Å². The fourth-order valence-corrected chi connectivity index (χ4v) is 3.30. The minimum absolute atomic E-state index is 0.147. The number of aliphatic hydroxyl groups excluding tert-OH is 2. The van der Waals surface area contributed by atoms with E-state index in [0.717, 1.165) is 11.1 Å². The molecule has 1 aliphatic rings. The first kappa shape index (κ1) is 15.8. The van der Waals surface area contributed by atoms with Crippen LogP contribution in [-0.2, 0) is 0 Å². The number of aliphatic hydroxyl groups is 2. The quantitative estimate of drug-likeness (QED) is 0.701. The van der Waals surface area contributed by atoms with Crippen LogP contribution in [0.5, 0.6) is 0 Å². The topological polar surface area (TPSA) is 98.6 Å². The third kappa shape index (κ3) is 2.55. The molecule has 0 aliphatic carbocycles. The number of benzene rings is 1. The highest BCUT2D eigenvalue weighted by Gasteiger charge is 2.29. The Morgan fingerprint density at radius 2 is 1.96 bits per heavy atom. The van der Waals surface area contributed by atoms with E-state index in [4.69, 9.17) is 0 Å². The van der Waals surface area contributed by atoms with Crippen molar-refractivity contribution in [2.75, 3.05) is 24.7 Å². The Labute approximate surface area is 132 Å². The number of fused-ring (bicyclic) bond motifs is 1. The standard InChI is InChI=1S/C16H21N3O4/c1-9-3-4-10(2)14-13(9)15(22)17-16(23)19(14)18-6-5-12(21)11(7-18)8-20/h3-4,11-12,20-21H,5-8H2,1-2H3,(H,17,22,23). The summed E-state index contributed by atoms with van der Waals surface area (Å²) in [5.41, 5.74) is 1.34. The fraction of sp³-hybridized carbons (Fsp3) is 0.500. The Balaban J connectivity index is 2.24. The van der Waals surface area contributed by atoms with E-state index in [1.54, 1.807) is 5.01 Å². The zero-order chi connectivity index (χ0) is 16.7. The van der Waals surface area contributed by atoms with Gasteiger partial charge in [0, 0.05) is 19.0 Å². The molecule has 0 amide bonds. The summed E-state index contributed by atoms with van der Waals surface area (Å²) in [5, 5.41) is 21.6. The molecular formula is C16H21N3O4. The minimum Gasteiger partial charge on any atom is -0.396 e. The number of nitrogens with zero attached hydrogens (tertiary/aromatic N) is 2. The van der Waals surface area contributed by atoms with Gasteiger partial charge in [-0.1, -0.05) is 12.1 Å². The first-order chi connectivity index (χ1) is 10.9. The zero-order valence-electron chi connectivity index (χ0n) is 13.2. The van der Waals surface area contributed by atoms with Crippen molar-refractivity contribution in [1.82, 2.24) is 9.66 Å². The van der Waals surface area contributed by atoms with E-state index < -0.39 is 17.4 Å². The van der Waals surface area contributed by atoms with E-state index >= 15 is 0 Å². The first-order valence-electron chi connectivity index (χ1n) is 7.73. The van der Waals surface area contributed by atoms with Gasteiger partial charge in [0.15, 0.2) is 0 Å². The third-order valence-electron chi connectivity index (χ3n) is 4.63. The van der Waals surface area contributed by atoms with Crippen LogP contribution in [0.3, 0.4) is 0 Å². The van der Waals surface area contributed by atoms with Crippen molar-refractivity contribution in [3.63, 3.8) is 0 Å². The minimum atomic E-state index is -0.580. The van der Waals surface area contributed by atoms with Gasteiger partial charge in [-0.05, 0) is 31.4 Å². The molecule has 1 aromatic heterocycles. The third-order valence-corrected chi connectivity index (χ3v) is 4.63. The largest absolute Gasteiger partial charge is 0.396 e. The number of rotatable bonds is 2. The lowest BCUT2D eigenvalue weighted by atomic mass is 9.96. The lowest BCUT2D eigenvalue weighted by Crippen LogP contribution is -2.54. The molecule has 2 atom stereocenters. The number of aromatic nitrogens is 2. The van der Waals surface area contributed by atoms with E-state index in [1.807, 2.05) is 26.0 Å². The smallest absolute Gasteiger partial charge is 0.347 e. The molecule has 1 fully saturated rings. The molecule has 0 saturated carbocycles. The fourth-order valence-electron chi connectivity index (χ4n) is 3.30. The van der Waals surface area contributed by atoms with Gasteiger partial charge in [-0.15, -0.1) is 0 Å². The highest BCUT2D eigenvalue weighted by Crippen LogP contribution is 2.21. The van der Waals surface area contributed by atoms with Crippen LogP contribution in [-0.4, -0.2) is 45.7 Å². The van der Waals surface area contributed by atoms with Crippen molar-refractivity contribution >= 4 is 10.9 Å². The molecule has 23 heavy (non-hydrogen) atoms. The van der Waals surface area contributed by atoms with Crippen LogP contribution in [0.1, 0.15) is 17.5 Å². The highest BCUT2D eigenvalue weighted by atomic mass is 16.3. The van der Waals surface area contributed by atoms with Crippen LogP contribution >= 0.6 is 0 Å². The highest BCUT2D eigenvalue weighted by molar-refractivity contribution is 5.84. The molecule has 0 bridgehead atoms. The molecule has 7 nitrogen and oxygen atoms in total. The summed E-state index contributed by atoms with van der Waals surface area (Å²) in [4.78, 5) is 27.0. The van der Waals surface area contributed by atoms with Crippen LogP contribution in [0.15, 0.2) is 21.7 Å². The molecule has 2 aromatic rings. The Bertz CT molecular complexity index is 855. The van der Waals surface area contributed by atoms with Gasteiger partial charge < -0.3 is 15.2 Å². The van der Waals surface area contributed by atoms with Crippen LogP contribution in [0.4, 0.5) is 0 Å². The Morgan fingerprint density at radius 1 is 1.26 bits per heavy atom. The summed E-state index contributed by atoms with van der Waals surface area (Å²) in [6.07, 6.45) is -0.118. The van der Waals surface area contributed by atoms with E-state index in [0.29, 0.717) is 30.4 Å². The van der Waals surface area contributed by atoms with Crippen LogP contribution in [0.2, 0.25) is 0 Å². The maximum absolute atomic E-state index is 12.4. The molecule has 124 valence electrons. The van der Waals surface area contributed by atoms with Crippen molar-refractivity contribution in [3.05, 3.63) is 44.1 Å². The first-order valence-corrected chi connectivity index (χ1v) is 7.73. The monoisotopic (exact) mass is 319 g/mol. The van der Waals surface area contributed by atoms with Gasteiger partial charge >= 0.3 is 5.69 Å². The van der Waals surface area contributed by atoms with E-state index in [9.17, 15) is 19.8 Å². The molecule has 7 heteroatoms. The normalized spacial score (nSPS) is 21.8. The van der Waals surface area contributed by atoms with E-state index in [2.05, 4.69) is 4.98 Å². The molecule has 3 N–H and O–H groups in total. The number of H-pyrrole nitrogens is 1. The van der Waals surface area contributed by atoms with E-state index in [-0.39, 0.29) is 12.5 Å². The van der Waals surface area contributed by atoms with Gasteiger partial charge in [-0.2, -0.15) is 0 Å². The molecule has 3 rings (SSSR count). The average Bonchev–Trinajstić information content (AvgIpc) is 2.51. The van der Waals surface area contributed by atoms with Gasteiger partial charge in [0.2, 0.25) is 0 Å². The second kappa shape index (κ2) is 5.82. The molecule has 2 unspecified atom stereocenters. The number of nitrogens with one attached hydrogen (secondary N) is 1. The van der Waals surface area contributed by atoms with Gasteiger partial charge in [0.05, 0.1) is 23.6 Å². The maximum Gasteiger partial charge on any atom is 0.347 e. The van der Waals surface area contributed by atoms with Crippen molar-refractivity contribution in [2.45, 2.75) is 26.4 Å². The second-order valence-corrected chi connectivity index (χ2v) is 6.21. The number of aryl methyl sites for hydroxylation is 2. The number of aromatic amines is 1. The molecule has 2 heterocycles. The summed E-state index contributed by atoms with van der Waals surface area (Å²) >= 11 is 0. The molecule has 0 radical (unpaired) electrons. The number of hydrogen-bond acceptors (Lipinski definition) is 5. The molecular weight excluding hydrogens is 298 g/mol. The Hall–Kier alpha value is -2.12. The number of piperidine rings is 1. The molecule has 1 saturated heterocycles. The van der Waals surface area contributed by atoms with Crippen molar-refractivity contribution < 1.29 is 10.2 Å². The second-order valence-electron chi connectivity index (χ2n) is 6.21. The van der Waals surface area contributed by atoms with Crippen LogP contribution in [0.25, 0.3) is 10.9 Å². The summed E-state index contributed by atoms with van der Waals surface area (Å²) in [5.74, 6) is -0.317. The molecule has 1 aliphatic heterocycles. The van der Waals surface area contributed by atoms with Gasteiger partial charge in [-0.3, -0.25) is 9.78 Å². The maximum atomic E-state index is 12.4. The lowest BCUT2D eigenvalue weighted by Gasteiger charge is -2.37. The summed E-state index contributed by atoms with van der Waals surface area (Å²) < 4.78 is 1.48. The predicted molar refractivity (Wildman–Crippen MR) is 87.5 cm³/mol. The molecule has 0 spiro atoms. The molecule has 1 aromatic carbocycles. The van der Waals surface area contributed by atoms with Crippen molar-refractivity contribution in [2.24, 2.45) is 5.92 Å². The van der Waals surface area contributed by atoms with Crippen LogP contribution in [0, 0.1) is 19.8 Å². The lowest BCUT2D eigenvalue weighted by molar-refractivity contribution is 0.0463. The summed E-state index contributed by atoms with van der Waals surface area (Å²) in [6, 6.07) is 3.74. The van der Waals surface area contributed by atoms with Crippen molar-refractivity contribution in [3.8, 4) is 0 Å². The SMILES string of the molecule is Cc1ccc(C)c2c1c(=O)[nH]c(=O)n2N1CCC(O)C(CO)C1. The van der Waals surface area contributed by atoms with Gasteiger partial charge in [0.1, 0.15) is 0 Å². The zero-order valence-corrected chi connectivity index (χ0v) is 13.2. The Kier molecular flexibility index (Phi) is 3.99. The van der Waals surface area contributed by atoms with Gasteiger partial charge in [0.25, 0.3) is 5.56 Å². The summed E-state index contributed by atoms with van der Waals surface area (Å²) in [6.45, 7) is 4.38. The van der Waals surface area contributed by atoms with E-state index in [1.165, 1.54) is 4.68 Å². The van der Waals surface area contributed by atoms with Crippen molar-refractivity contribution in [1.29, 1.82) is 0 Å².